The van der Waals surface area contributed by atoms with Gasteiger partial charge in [-0.15, -0.1) is 11.8 Å². The summed E-state index contributed by atoms with van der Waals surface area (Å²) in [5, 5.41) is 3.44. The summed E-state index contributed by atoms with van der Waals surface area (Å²) in [5.74, 6) is -0.526. The van der Waals surface area contributed by atoms with Crippen LogP contribution in [0.15, 0.2) is 30.4 Å². The number of carbonyl (C=O) groups excluding carboxylic acids is 2. The molecular formula is C13H11Cl2NO3S. The summed E-state index contributed by atoms with van der Waals surface area (Å²) in [4.78, 5) is 24.3. The monoisotopic (exact) mass is 331 g/mol. The Morgan fingerprint density at radius 2 is 1.95 bits per heavy atom. The van der Waals surface area contributed by atoms with Gasteiger partial charge in [-0.25, -0.2) is 4.79 Å². The molecule has 20 heavy (non-hydrogen) atoms. The maximum absolute atomic E-state index is 12.4. The second kappa shape index (κ2) is 6.08. The fourth-order valence-corrected chi connectivity index (χ4v) is 3.36. The molecule has 1 aromatic rings. The lowest BCUT2D eigenvalue weighted by Crippen LogP contribution is -2.45. The molecule has 1 aliphatic rings. The largest absolute Gasteiger partial charge is 0.467 e. The first-order chi connectivity index (χ1) is 9.48. The lowest BCUT2D eigenvalue weighted by molar-refractivity contribution is -0.144. The molecule has 1 unspecified atom stereocenters. The van der Waals surface area contributed by atoms with Crippen LogP contribution in [0.25, 0.3) is 0 Å². The summed E-state index contributed by atoms with van der Waals surface area (Å²) in [6.45, 7) is 0. The normalized spacial score (nSPS) is 20.8. The number of hydrogen-bond acceptors (Lipinski definition) is 4. The Morgan fingerprint density at radius 1 is 1.30 bits per heavy atom. The van der Waals surface area contributed by atoms with Crippen LogP contribution in [0.2, 0.25) is 10.0 Å². The van der Waals surface area contributed by atoms with Gasteiger partial charge in [0.2, 0.25) is 4.75 Å². The van der Waals surface area contributed by atoms with Gasteiger partial charge < -0.3 is 10.1 Å². The van der Waals surface area contributed by atoms with Crippen LogP contribution < -0.4 is 5.32 Å². The van der Waals surface area contributed by atoms with Gasteiger partial charge in [-0.3, -0.25) is 4.79 Å². The van der Waals surface area contributed by atoms with E-state index in [2.05, 4.69) is 5.32 Å². The minimum atomic E-state index is -1.36. The van der Waals surface area contributed by atoms with Crippen molar-refractivity contribution in [3.05, 3.63) is 40.4 Å². The highest BCUT2D eigenvalue weighted by Gasteiger charge is 2.47. The zero-order valence-corrected chi connectivity index (χ0v) is 12.8. The number of rotatable bonds is 3. The number of halogens is 2. The number of nitrogens with one attached hydrogen (secondary N) is 1. The summed E-state index contributed by atoms with van der Waals surface area (Å²) >= 11 is 12.9. The van der Waals surface area contributed by atoms with Crippen LogP contribution in [0, 0.1) is 0 Å². The van der Waals surface area contributed by atoms with Crippen LogP contribution in [0.5, 0.6) is 0 Å². The molecule has 4 nitrogen and oxygen atoms in total. The Labute approximate surface area is 130 Å². The highest BCUT2D eigenvalue weighted by molar-refractivity contribution is 8.02. The Hall–Kier alpha value is -1.17. The zero-order chi connectivity index (χ0) is 14.8. The molecule has 0 aromatic heterocycles. The summed E-state index contributed by atoms with van der Waals surface area (Å²) < 4.78 is 3.36. The van der Waals surface area contributed by atoms with Crippen molar-refractivity contribution in [1.29, 1.82) is 0 Å². The average molecular weight is 332 g/mol. The molecule has 1 atom stereocenters. The minimum Gasteiger partial charge on any atom is -0.467 e. The van der Waals surface area contributed by atoms with Crippen LogP contribution in [0.3, 0.4) is 0 Å². The van der Waals surface area contributed by atoms with E-state index in [4.69, 9.17) is 27.9 Å². The minimum absolute atomic E-state index is 0.398. The van der Waals surface area contributed by atoms with Crippen molar-refractivity contribution >= 4 is 52.5 Å². The summed E-state index contributed by atoms with van der Waals surface area (Å²) in [6.07, 6.45) is 3.30. The third kappa shape index (κ3) is 2.95. The fraction of sp³-hybridized carbons (Fsp3) is 0.231. The van der Waals surface area contributed by atoms with Crippen molar-refractivity contribution in [2.24, 2.45) is 0 Å². The molecule has 1 N–H and O–H groups in total. The molecule has 1 aromatic carbocycles. The average Bonchev–Trinajstić information content (AvgIpc) is 2.87. The van der Waals surface area contributed by atoms with Gasteiger partial charge in [-0.05, 0) is 18.2 Å². The van der Waals surface area contributed by atoms with Gasteiger partial charge in [0.1, 0.15) is 0 Å². The molecule has 1 amide bonds. The molecule has 0 aliphatic carbocycles. The number of hydrogen-bond donors (Lipinski definition) is 1. The number of esters is 1. The van der Waals surface area contributed by atoms with Gasteiger partial charge >= 0.3 is 5.97 Å². The molecule has 0 spiro atoms. The second-order valence-corrected chi connectivity index (χ2v) is 6.19. The van der Waals surface area contributed by atoms with Crippen molar-refractivity contribution in [3.63, 3.8) is 0 Å². The molecule has 0 saturated carbocycles. The van der Waals surface area contributed by atoms with Crippen LogP contribution >= 0.6 is 35.0 Å². The maximum atomic E-state index is 12.4. The number of thioether (sulfide) groups is 1. The molecule has 2 rings (SSSR count). The van der Waals surface area contributed by atoms with Crippen LogP contribution in [0.1, 0.15) is 0 Å². The van der Waals surface area contributed by atoms with Crippen molar-refractivity contribution in [2.75, 3.05) is 18.2 Å². The maximum Gasteiger partial charge on any atom is 0.335 e. The van der Waals surface area contributed by atoms with E-state index in [1.807, 2.05) is 0 Å². The first-order valence-electron chi connectivity index (χ1n) is 5.65. The van der Waals surface area contributed by atoms with Crippen molar-refractivity contribution in [3.8, 4) is 0 Å². The summed E-state index contributed by atoms with van der Waals surface area (Å²) in [6, 6.07) is 4.67. The molecule has 0 radical (unpaired) electrons. The number of anilines is 1. The number of carbonyl (C=O) groups is 2. The molecule has 106 valence electrons. The smallest absolute Gasteiger partial charge is 0.335 e. The Bertz CT molecular complexity index is 571. The Balaban J connectivity index is 2.26. The van der Waals surface area contributed by atoms with Crippen LogP contribution in [-0.4, -0.2) is 29.5 Å². The molecular weight excluding hydrogens is 321 g/mol. The van der Waals surface area contributed by atoms with E-state index in [9.17, 15) is 9.59 Å². The van der Waals surface area contributed by atoms with Gasteiger partial charge in [0, 0.05) is 21.5 Å². The number of benzene rings is 1. The third-order valence-electron chi connectivity index (χ3n) is 2.71. The van der Waals surface area contributed by atoms with E-state index < -0.39 is 16.6 Å². The van der Waals surface area contributed by atoms with Crippen LogP contribution in [0.4, 0.5) is 5.69 Å². The fourth-order valence-electron chi connectivity index (χ4n) is 1.80. The molecule has 1 heterocycles. The summed E-state index contributed by atoms with van der Waals surface area (Å²) in [7, 11) is 1.25. The van der Waals surface area contributed by atoms with Gasteiger partial charge in [0.25, 0.3) is 5.91 Å². The van der Waals surface area contributed by atoms with E-state index >= 15 is 0 Å². The van der Waals surface area contributed by atoms with Crippen molar-refractivity contribution in [2.45, 2.75) is 4.75 Å². The number of ether oxygens (including phenoxy) is 1. The molecule has 0 saturated heterocycles. The SMILES string of the molecule is COC(=O)C1(C(=O)Nc2cc(Cl)cc(Cl)c2)C=CCS1. The van der Waals surface area contributed by atoms with Gasteiger partial charge in [0.05, 0.1) is 7.11 Å². The van der Waals surface area contributed by atoms with Crippen molar-refractivity contribution in [1.82, 2.24) is 0 Å². The standard InChI is InChI=1S/C13H11Cl2NO3S/c1-19-12(18)13(3-2-4-20-13)11(17)16-10-6-8(14)5-9(15)7-10/h2-3,5-7H,4H2,1H3,(H,16,17). The predicted molar refractivity (Wildman–Crippen MR) is 81.4 cm³/mol. The Morgan fingerprint density at radius 3 is 2.45 bits per heavy atom. The first-order valence-corrected chi connectivity index (χ1v) is 7.40. The van der Waals surface area contributed by atoms with E-state index in [0.717, 1.165) is 0 Å². The quantitative estimate of drug-likeness (QED) is 0.525. The first kappa shape index (κ1) is 15.2. The van der Waals surface area contributed by atoms with E-state index in [0.29, 0.717) is 21.5 Å². The topological polar surface area (TPSA) is 55.4 Å². The predicted octanol–water partition coefficient (Wildman–Crippen LogP) is 3.15. The third-order valence-corrected chi connectivity index (χ3v) is 4.45. The molecule has 0 bridgehead atoms. The van der Waals surface area contributed by atoms with Gasteiger partial charge in [0.15, 0.2) is 0 Å². The van der Waals surface area contributed by atoms with E-state index in [1.54, 1.807) is 30.4 Å². The lowest BCUT2D eigenvalue weighted by Gasteiger charge is -2.22. The molecule has 0 fully saturated rings. The summed E-state index contributed by atoms with van der Waals surface area (Å²) in [5.41, 5.74) is 0.427. The van der Waals surface area contributed by atoms with E-state index in [1.165, 1.54) is 18.9 Å². The Kier molecular flexibility index (Phi) is 4.62. The number of amides is 1. The van der Waals surface area contributed by atoms with Gasteiger partial charge in [-0.2, -0.15) is 0 Å². The molecule has 7 heteroatoms. The van der Waals surface area contributed by atoms with Gasteiger partial charge in [-0.1, -0.05) is 35.4 Å². The highest BCUT2D eigenvalue weighted by atomic mass is 35.5. The molecule has 1 aliphatic heterocycles. The van der Waals surface area contributed by atoms with E-state index in [-0.39, 0.29) is 0 Å². The number of methoxy groups -OCH3 is 1. The van der Waals surface area contributed by atoms with Crippen molar-refractivity contribution < 1.29 is 14.3 Å². The zero-order valence-electron chi connectivity index (χ0n) is 10.5. The highest BCUT2D eigenvalue weighted by Crippen LogP contribution is 2.35. The second-order valence-electron chi connectivity index (χ2n) is 4.05. The lowest BCUT2D eigenvalue weighted by atomic mass is 10.1. The van der Waals surface area contributed by atoms with Crippen LogP contribution in [-0.2, 0) is 14.3 Å².